The molecule has 0 unspecified atom stereocenters. The number of H-pyrrole nitrogens is 1. The highest BCUT2D eigenvalue weighted by molar-refractivity contribution is 5.95. The van der Waals surface area contributed by atoms with E-state index in [4.69, 9.17) is 15.2 Å². The summed E-state index contributed by atoms with van der Waals surface area (Å²) in [6.45, 7) is 5.61. The molecular formula is C33H28F3N3O5. The Bertz CT molecular complexity index is 1960. The van der Waals surface area contributed by atoms with Gasteiger partial charge in [-0.1, -0.05) is 23.8 Å². The van der Waals surface area contributed by atoms with Crippen molar-refractivity contribution < 1.29 is 32.2 Å². The van der Waals surface area contributed by atoms with Crippen LogP contribution in [-0.4, -0.2) is 28.0 Å². The molecule has 0 atom stereocenters. The normalized spacial score (nSPS) is 11.5. The van der Waals surface area contributed by atoms with E-state index in [0.717, 1.165) is 21.8 Å². The SMILES string of the molecule is CCOC(=O)c1cc2cc(Oc3ccc(-c4cc(C(F)(F)F)c(C(N)=O)c(=O)n4Cc4ccc(C)cc4C)cc3)ccc2[nH]1. The lowest BCUT2D eigenvalue weighted by Gasteiger charge is -2.20. The number of aromatic amines is 1. The van der Waals surface area contributed by atoms with E-state index in [1.54, 1.807) is 49.4 Å². The second kappa shape index (κ2) is 11.8. The van der Waals surface area contributed by atoms with Crippen molar-refractivity contribution in [3.8, 4) is 22.8 Å². The summed E-state index contributed by atoms with van der Waals surface area (Å²) in [6.07, 6.45) is -5.00. The predicted molar refractivity (Wildman–Crippen MR) is 159 cm³/mol. The molecular weight excluding hydrogens is 575 g/mol. The zero-order chi connectivity index (χ0) is 31.8. The molecule has 1 amide bonds. The Kier molecular flexibility index (Phi) is 8.05. The summed E-state index contributed by atoms with van der Waals surface area (Å²) >= 11 is 0. The second-order valence-electron chi connectivity index (χ2n) is 10.3. The minimum atomic E-state index is -5.00. The van der Waals surface area contributed by atoms with Gasteiger partial charge in [-0.05, 0) is 92.1 Å². The quantitative estimate of drug-likeness (QED) is 0.190. The minimum absolute atomic E-state index is 0.0425. The summed E-state index contributed by atoms with van der Waals surface area (Å²) in [6, 6.07) is 19.3. The fourth-order valence-electron chi connectivity index (χ4n) is 5.02. The molecule has 0 bridgehead atoms. The van der Waals surface area contributed by atoms with Crippen LogP contribution in [0.3, 0.4) is 0 Å². The standard InChI is InChI=1S/C33H28F3N3O5/c1-4-43-32(42)27-15-22-14-24(11-12-26(22)38-27)44-23-9-7-20(8-10-23)28-16-25(33(34,35)36)29(30(37)40)31(41)39(28)17-21-6-5-18(2)13-19(21)3/h5-16,38H,4,17H2,1-3H3,(H2,37,40). The number of aromatic nitrogens is 2. The number of carbonyl (C=O) groups is 2. The smallest absolute Gasteiger partial charge is 0.417 e. The maximum absolute atomic E-state index is 14.0. The van der Waals surface area contributed by atoms with E-state index in [-0.39, 0.29) is 18.8 Å². The van der Waals surface area contributed by atoms with Crippen molar-refractivity contribution in [1.82, 2.24) is 9.55 Å². The van der Waals surface area contributed by atoms with Crippen LogP contribution in [0.5, 0.6) is 11.5 Å². The summed E-state index contributed by atoms with van der Waals surface area (Å²) in [5.74, 6) is -1.10. The first kappa shape index (κ1) is 30.1. The minimum Gasteiger partial charge on any atom is -0.461 e. The van der Waals surface area contributed by atoms with E-state index in [1.807, 2.05) is 26.0 Å². The van der Waals surface area contributed by atoms with E-state index in [1.165, 1.54) is 12.1 Å². The number of benzene rings is 3. The van der Waals surface area contributed by atoms with Crippen LogP contribution in [0, 0.1) is 13.8 Å². The maximum atomic E-state index is 14.0. The fraction of sp³-hybridized carbons (Fsp3) is 0.182. The summed E-state index contributed by atoms with van der Waals surface area (Å²) in [4.78, 5) is 40.6. The van der Waals surface area contributed by atoms with E-state index in [2.05, 4.69) is 4.98 Å². The molecule has 5 rings (SSSR count). The number of hydrogen-bond donors (Lipinski definition) is 2. The summed E-state index contributed by atoms with van der Waals surface area (Å²) in [5.41, 5.74) is 5.40. The van der Waals surface area contributed by atoms with Gasteiger partial charge in [0.1, 0.15) is 22.8 Å². The number of ether oxygens (including phenoxy) is 2. The number of hydrogen-bond acceptors (Lipinski definition) is 5. The molecule has 44 heavy (non-hydrogen) atoms. The molecule has 0 aliphatic carbocycles. The molecule has 0 fully saturated rings. The van der Waals surface area contributed by atoms with E-state index >= 15 is 0 Å². The Labute approximate surface area is 249 Å². The maximum Gasteiger partial charge on any atom is 0.417 e. The van der Waals surface area contributed by atoms with Crippen LogP contribution in [0.4, 0.5) is 13.2 Å². The van der Waals surface area contributed by atoms with Crippen molar-refractivity contribution in [1.29, 1.82) is 0 Å². The van der Waals surface area contributed by atoms with Crippen LogP contribution in [0.2, 0.25) is 0 Å². The molecule has 0 spiro atoms. The van der Waals surface area contributed by atoms with Crippen molar-refractivity contribution in [2.24, 2.45) is 5.73 Å². The zero-order valence-corrected chi connectivity index (χ0v) is 24.0. The molecule has 3 aromatic carbocycles. The number of esters is 1. The molecule has 226 valence electrons. The number of carbonyl (C=O) groups excluding carboxylic acids is 2. The van der Waals surface area contributed by atoms with Gasteiger partial charge in [-0.2, -0.15) is 13.2 Å². The molecule has 5 aromatic rings. The van der Waals surface area contributed by atoms with E-state index in [0.29, 0.717) is 39.2 Å². The number of aryl methyl sites for hydroxylation is 2. The average molecular weight is 604 g/mol. The molecule has 2 aromatic heterocycles. The molecule has 8 nitrogen and oxygen atoms in total. The van der Waals surface area contributed by atoms with Crippen LogP contribution in [0.25, 0.3) is 22.2 Å². The fourth-order valence-corrected chi connectivity index (χ4v) is 5.02. The number of primary amides is 1. The van der Waals surface area contributed by atoms with Crippen molar-refractivity contribution in [3.05, 3.63) is 117 Å². The number of halogens is 3. The predicted octanol–water partition coefficient (Wildman–Crippen LogP) is 6.75. The van der Waals surface area contributed by atoms with Gasteiger partial charge < -0.3 is 24.8 Å². The highest BCUT2D eigenvalue weighted by Gasteiger charge is 2.38. The number of nitrogens with zero attached hydrogens (tertiary/aromatic N) is 1. The number of nitrogens with one attached hydrogen (secondary N) is 1. The largest absolute Gasteiger partial charge is 0.461 e. The van der Waals surface area contributed by atoms with Gasteiger partial charge >= 0.3 is 12.1 Å². The Morgan fingerprint density at radius 1 is 0.932 bits per heavy atom. The van der Waals surface area contributed by atoms with Gasteiger partial charge in [0.2, 0.25) is 0 Å². The van der Waals surface area contributed by atoms with Crippen molar-refractivity contribution >= 4 is 22.8 Å². The Hall–Kier alpha value is -5.32. The molecule has 0 radical (unpaired) electrons. The summed E-state index contributed by atoms with van der Waals surface area (Å²) < 4.78 is 54.3. The van der Waals surface area contributed by atoms with E-state index < -0.39 is 34.7 Å². The Balaban J connectivity index is 1.53. The molecule has 0 aliphatic rings. The lowest BCUT2D eigenvalue weighted by molar-refractivity contribution is -0.138. The second-order valence-corrected chi connectivity index (χ2v) is 10.3. The Morgan fingerprint density at radius 2 is 1.64 bits per heavy atom. The molecule has 0 saturated heterocycles. The first-order valence-electron chi connectivity index (χ1n) is 13.6. The lowest BCUT2D eigenvalue weighted by Crippen LogP contribution is -2.34. The van der Waals surface area contributed by atoms with Gasteiger partial charge in [-0.25, -0.2) is 4.79 Å². The number of rotatable bonds is 8. The van der Waals surface area contributed by atoms with E-state index in [9.17, 15) is 27.6 Å². The third kappa shape index (κ3) is 6.07. The number of amides is 1. The van der Waals surface area contributed by atoms with Crippen molar-refractivity contribution in [2.45, 2.75) is 33.5 Å². The van der Waals surface area contributed by atoms with Crippen LogP contribution in [-0.2, 0) is 17.5 Å². The molecule has 2 heterocycles. The third-order valence-electron chi connectivity index (χ3n) is 7.15. The van der Waals surface area contributed by atoms with Gasteiger partial charge in [-0.3, -0.25) is 9.59 Å². The first-order chi connectivity index (χ1) is 20.8. The van der Waals surface area contributed by atoms with Crippen LogP contribution in [0.15, 0.2) is 77.6 Å². The summed E-state index contributed by atoms with van der Waals surface area (Å²) in [7, 11) is 0. The van der Waals surface area contributed by atoms with Gasteiger partial charge in [0.05, 0.1) is 24.4 Å². The molecule has 3 N–H and O–H groups in total. The number of fused-ring (bicyclic) bond motifs is 1. The van der Waals surface area contributed by atoms with Crippen LogP contribution < -0.4 is 16.0 Å². The van der Waals surface area contributed by atoms with Crippen molar-refractivity contribution in [3.63, 3.8) is 0 Å². The number of pyridine rings is 1. The average Bonchev–Trinajstić information content (AvgIpc) is 3.39. The topological polar surface area (TPSA) is 116 Å². The van der Waals surface area contributed by atoms with Crippen LogP contribution in [0.1, 0.15) is 50.0 Å². The highest BCUT2D eigenvalue weighted by atomic mass is 19.4. The number of alkyl halides is 3. The molecule has 0 saturated carbocycles. The molecule has 0 aliphatic heterocycles. The third-order valence-corrected chi connectivity index (χ3v) is 7.15. The highest BCUT2D eigenvalue weighted by Crippen LogP contribution is 2.35. The van der Waals surface area contributed by atoms with Gasteiger partial charge in [0.25, 0.3) is 11.5 Å². The zero-order valence-electron chi connectivity index (χ0n) is 24.0. The van der Waals surface area contributed by atoms with Crippen LogP contribution >= 0.6 is 0 Å². The van der Waals surface area contributed by atoms with Gasteiger partial charge in [0, 0.05) is 10.9 Å². The lowest BCUT2D eigenvalue weighted by atomic mass is 10.0. The Morgan fingerprint density at radius 3 is 2.27 bits per heavy atom. The molecule has 11 heteroatoms. The first-order valence-corrected chi connectivity index (χ1v) is 13.6. The summed E-state index contributed by atoms with van der Waals surface area (Å²) in [5, 5.41) is 0.715. The van der Waals surface area contributed by atoms with Crippen molar-refractivity contribution in [2.75, 3.05) is 6.61 Å². The number of nitrogens with two attached hydrogens (primary N) is 1. The monoisotopic (exact) mass is 603 g/mol. The van der Waals surface area contributed by atoms with Gasteiger partial charge in [0.15, 0.2) is 0 Å². The van der Waals surface area contributed by atoms with Gasteiger partial charge in [-0.15, -0.1) is 0 Å².